The van der Waals surface area contributed by atoms with Crippen molar-refractivity contribution < 1.29 is 0 Å². The van der Waals surface area contributed by atoms with Crippen molar-refractivity contribution in [3.8, 4) is 0 Å². The maximum Gasteiger partial charge on any atom is 0.0322 e. The van der Waals surface area contributed by atoms with Crippen molar-refractivity contribution in [3.63, 3.8) is 0 Å². The Morgan fingerprint density at radius 1 is 1.24 bits per heavy atom. The molecule has 0 bridgehead atoms. The first kappa shape index (κ1) is 14.6. The monoisotopic (exact) mass is 251 g/mol. The van der Waals surface area contributed by atoms with Crippen LogP contribution in [0, 0.1) is 0 Å². The van der Waals surface area contributed by atoms with Gasteiger partial charge in [-0.2, -0.15) is 11.8 Å². The van der Waals surface area contributed by atoms with Crippen LogP contribution in [0.3, 0.4) is 0 Å². The molecule has 1 nitrogen and oxygen atoms in total. The zero-order chi connectivity index (χ0) is 12.5. The average molecular weight is 251 g/mol. The van der Waals surface area contributed by atoms with Crippen molar-refractivity contribution in [2.45, 2.75) is 45.2 Å². The molecular formula is C15H25NS. The Bertz CT molecular complexity index is 286. The van der Waals surface area contributed by atoms with Crippen LogP contribution in [-0.2, 0) is 0 Å². The van der Waals surface area contributed by atoms with E-state index < -0.39 is 0 Å². The summed E-state index contributed by atoms with van der Waals surface area (Å²) in [4.78, 5) is 0. The van der Waals surface area contributed by atoms with Crippen LogP contribution in [0.2, 0.25) is 0 Å². The lowest BCUT2D eigenvalue weighted by Gasteiger charge is -2.23. The van der Waals surface area contributed by atoms with Crippen LogP contribution in [0.1, 0.15) is 44.7 Å². The molecule has 0 amide bonds. The highest BCUT2D eigenvalue weighted by Gasteiger charge is 2.13. The molecule has 17 heavy (non-hydrogen) atoms. The van der Waals surface area contributed by atoms with E-state index in [0.717, 1.165) is 0 Å². The molecular weight excluding hydrogens is 226 g/mol. The molecule has 2 unspecified atom stereocenters. The van der Waals surface area contributed by atoms with E-state index in [1.54, 1.807) is 0 Å². The van der Waals surface area contributed by atoms with E-state index in [1.165, 1.54) is 30.6 Å². The van der Waals surface area contributed by atoms with Crippen LogP contribution in [0.25, 0.3) is 0 Å². The van der Waals surface area contributed by atoms with E-state index in [1.807, 2.05) is 11.8 Å². The third-order valence-electron chi connectivity index (χ3n) is 2.95. The lowest BCUT2D eigenvalue weighted by molar-refractivity contribution is 0.443. The Morgan fingerprint density at radius 3 is 2.53 bits per heavy atom. The molecule has 0 radical (unpaired) electrons. The second kappa shape index (κ2) is 8.60. The molecule has 0 aliphatic rings. The normalized spacial score (nSPS) is 14.5. The Kier molecular flexibility index (Phi) is 7.38. The maximum absolute atomic E-state index is 3.75. The van der Waals surface area contributed by atoms with Crippen molar-refractivity contribution in [1.29, 1.82) is 0 Å². The second-order valence-electron chi connectivity index (χ2n) is 4.63. The van der Waals surface area contributed by atoms with E-state index in [-0.39, 0.29) is 0 Å². The van der Waals surface area contributed by atoms with Gasteiger partial charge in [0.1, 0.15) is 0 Å². The summed E-state index contributed by atoms with van der Waals surface area (Å²) < 4.78 is 0. The van der Waals surface area contributed by atoms with E-state index in [4.69, 9.17) is 0 Å². The van der Waals surface area contributed by atoms with Crippen LogP contribution in [0.5, 0.6) is 0 Å². The van der Waals surface area contributed by atoms with Gasteiger partial charge in [-0.05, 0) is 25.2 Å². The highest BCUT2D eigenvalue weighted by molar-refractivity contribution is 7.98. The summed E-state index contributed by atoms with van der Waals surface area (Å²) in [5.74, 6) is 1.18. The van der Waals surface area contributed by atoms with Gasteiger partial charge >= 0.3 is 0 Å². The van der Waals surface area contributed by atoms with Gasteiger partial charge < -0.3 is 5.32 Å². The fourth-order valence-corrected chi connectivity index (χ4v) is 2.68. The first-order valence-corrected chi connectivity index (χ1v) is 7.97. The Balaban J connectivity index is 2.60. The topological polar surface area (TPSA) is 12.0 Å². The predicted octanol–water partition coefficient (Wildman–Crippen LogP) is 4.26. The molecule has 0 aliphatic heterocycles. The number of rotatable bonds is 8. The van der Waals surface area contributed by atoms with Gasteiger partial charge in [0.05, 0.1) is 0 Å². The molecule has 1 aromatic rings. The fourth-order valence-electron chi connectivity index (χ4n) is 2.08. The predicted molar refractivity (Wildman–Crippen MR) is 79.7 cm³/mol. The Labute approximate surface area is 110 Å². The molecule has 0 aromatic heterocycles. The number of hydrogen-bond acceptors (Lipinski definition) is 2. The molecule has 96 valence electrons. The highest BCUT2D eigenvalue weighted by atomic mass is 32.2. The van der Waals surface area contributed by atoms with Gasteiger partial charge in [-0.3, -0.25) is 0 Å². The lowest BCUT2D eigenvalue weighted by Crippen LogP contribution is -2.32. The summed E-state index contributed by atoms with van der Waals surface area (Å²) in [5.41, 5.74) is 1.42. The molecule has 0 fully saturated rings. The summed E-state index contributed by atoms with van der Waals surface area (Å²) in [6.07, 6.45) is 5.96. The first-order valence-electron chi connectivity index (χ1n) is 6.57. The van der Waals surface area contributed by atoms with E-state index in [9.17, 15) is 0 Å². The lowest BCUT2D eigenvalue weighted by atomic mass is 10.0. The zero-order valence-electron chi connectivity index (χ0n) is 11.3. The van der Waals surface area contributed by atoms with Gasteiger partial charge in [-0.15, -0.1) is 0 Å². The molecule has 0 spiro atoms. The summed E-state index contributed by atoms with van der Waals surface area (Å²) in [6.45, 7) is 4.53. The third-order valence-corrected chi connectivity index (χ3v) is 3.78. The van der Waals surface area contributed by atoms with Crippen molar-refractivity contribution >= 4 is 11.8 Å². The molecule has 0 aliphatic carbocycles. The molecule has 2 heteroatoms. The van der Waals surface area contributed by atoms with Gasteiger partial charge in [0.25, 0.3) is 0 Å². The van der Waals surface area contributed by atoms with Crippen molar-refractivity contribution in [1.82, 2.24) is 5.32 Å². The summed E-state index contributed by atoms with van der Waals surface area (Å²) >= 11 is 1.91. The molecule has 1 rings (SSSR count). The van der Waals surface area contributed by atoms with Crippen molar-refractivity contribution in [2.24, 2.45) is 0 Å². The molecule has 0 saturated carbocycles. The summed E-state index contributed by atoms with van der Waals surface area (Å²) in [6, 6.07) is 11.9. The van der Waals surface area contributed by atoms with Crippen LogP contribution in [0.15, 0.2) is 30.3 Å². The highest BCUT2D eigenvalue weighted by Crippen LogP contribution is 2.20. The van der Waals surface area contributed by atoms with Gasteiger partial charge in [0.2, 0.25) is 0 Å². The van der Waals surface area contributed by atoms with E-state index in [0.29, 0.717) is 12.1 Å². The summed E-state index contributed by atoms with van der Waals surface area (Å²) in [5, 5.41) is 3.75. The Hall–Kier alpha value is -0.470. The standard InChI is InChI=1S/C15H25NS/c1-4-5-11-15(16-13(2)12-17-3)14-9-7-6-8-10-14/h6-10,13,15-16H,4-5,11-12H2,1-3H3. The quantitative estimate of drug-likeness (QED) is 0.741. The SMILES string of the molecule is CCCCC(NC(C)CSC)c1ccccc1. The molecule has 0 heterocycles. The second-order valence-corrected chi connectivity index (χ2v) is 5.54. The first-order chi connectivity index (χ1) is 8.27. The van der Waals surface area contributed by atoms with Gasteiger partial charge in [0.15, 0.2) is 0 Å². The van der Waals surface area contributed by atoms with Crippen molar-refractivity contribution in [2.75, 3.05) is 12.0 Å². The number of unbranched alkanes of at least 4 members (excludes halogenated alkanes) is 1. The van der Waals surface area contributed by atoms with Gasteiger partial charge in [0, 0.05) is 17.8 Å². The number of benzene rings is 1. The smallest absolute Gasteiger partial charge is 0.0322 e. The third kappa shape index (κ3) is 5.60. The van der Waals surface area contributed by atoms with Crippen LogP contribution < -0.4 is 5.32 Å². The number of nitrogens with one attached hydrogen (secondary N) is 1. The van der Waals surface area contributed by atoms with E-state index >= 15 is 0 Å². The van der Waals surface area contributed by atoms with Crippen LogP contribution >= 0.6 is 11.8 Å². The van der Waals surface area contributed by atoms with Crippen LogP contribution in [0.4, 0.5) is 0 Å². The number of hydrogen-bond donors (Lipinski definition) is 1. The zero-order valence-corrected chi connectivity index (χ0v) is 12.1. The maximum atomic E-state index is 3.75. The minimum atomic E-state index is 0.512. The van der Waals surface area contributed by atoms with Crippen molar-refractivity contribution in [3.05, 3.63) is 35.9 Å². The van der Waals surface area contributed by atoms with E-state index in [2.05, 4.69) is 55.8 Å². The van der Waals surface area contributed by atoms with Gasteiger partial charge in [-0.1, -0.05) is 50.1 Å². The molecule has 2 atom stereocenters. The minimum Gasteiger partial charge on any atom is -0.307 e. The fraction of sp³-hybridized carbons (Fsp3) is 0.600. The molecule has 1 N–H and O–H groups in total. The minimum absolute atomic E-state index is 0.512. The van der Waals surface area contributed by atoms with Gasteiger partial charge in [-0.25, -0.2) is 0 Å². The summed E-state index contributed by atoms with van der Waals surface area (Å²) in [7, 11) is 0. The Morgan fingerprint density at radius 2 is 1.94 bits per heavy atom. The molecule has 0 saturated heterocycles. The average Bonchev–Trinajstić information content (AvgIpc) is 2.36. The number of thioether (sulfide) groups is 1. The molecule has 1 aromatic carbocycles. The van der Waals surface area contributed by atoms with Crippen LogP contribution in [-0.4, -0.2) is 18.1 Å². The largest absolute Gasteiger partial charge is 0.307 e.